The van der Waals surface area contributed by atoms with Gasteiger partial charge in [0.05, 0.1) is 20.2 Å². The number of hydrogen-bond donors (Lipinski definition) is 0. The zero-order valence-electron chi connectivity index (χ0n) is 9.44. The van der Waals surface area contributed by atoms with E-state index in [4.69, 9.17) is 16.0 Å². The summed E-state index contributed by atoms with van der Waals surface area (Å²) >= 11 is 7.91. The average Bonchev–Trinajstić information content (AvgIpc) is 2.95. The predicted molar refractivity (Wildman–Crippen MR) is 72.5 cm³/mol. The Morgan fingerprint density at radius 2 is 2.17 bits per heavy atom. The number of carbonyl (C=O) groups is 1. The maximum Gasteiger partial charge on any atom is 0.185 e. The van der Waals surface area contributed by atoms with Crippen molar-refractivity contribution < 1.29 is 9.21 Å². The average molecular weight is 278 g/mol. The third-order valence-electron chi connectivity index (χ3n) is 2.61. The molecule has 0 aliphatic heterocycles. The van der Waals surface area contributed by atoms with Crippen LogP contribution in [-0.2, 0) is 0 Å². The van der Waals surface area contributed by atoms with Crippen molar-refractivity contribution in [2.45, 2.75) is 6.92 Å². The van der Waals surface area contributed by atoms with Crippen LogP contribution in [-0.4, -0.2) is 11.3 Å². The van der Waals surface area contributed by atoms with E-state index in [9.17, 15) is 4.79 Å². The molecule has 3 nitrogen and oxygen atoms in total. The first kappa shape index (κ1) is 11.4. The minimum atomic E-state index is 0.293. The molecule has 0 spiro atoms. The number of carbonyl (C=O) groups excluding carboxylic acids is 1. The number of aldehydes is 1. The van der Waals surface area contributed by atoms with E-state index in [0.717, 1.165) is 20.8 Å². The molecule has 0 saturated carbocycles. The molecule has 2 heterocycles. The van der Waals surface area contributed by atoms with Crippen molar-refractivity contribution in [2.24, 2.45) is 0 Å². The van der Waals surface area contributed by atoms with Crippen LogP contribution in [0.3, 0.4) is 0 Å². The van der Waals surface area contributed by atoms with Crippen molar-refractivity contribution >= 4 is 39.4 Å². The highest BCUT2D eigenvalue weighted by atomic mass is 35.5. The number of nitrogens with zero attached hydrogens (tertiary/aromatic N) is 1. The number of hydrogen-bond acceptors (Lipinski definition) is 4. The summed E-state index contributed by atoms with van der Waals surface area (Å²) in [5.74, 6) is 0.886. The Morgan fingerprint density at radius 1 is 1.33 bits per heavy atom. The maximum atomic E-state index is 10.6. The van der Waals surface area contributed by atoms with E-state index in [0.29, 0.717) is 22.8 Å². The second-order valence-corrected chi connectivity index (χ2v) is 5.41. The molecule has 90 valence electrons. The molecule has 0 atom stereocenters. The maximum absolute atomic E-state index is 10.6. The van der Waals surface area contributed by atoms with Crippen LogP contribution in [0.15, 0.2) is 28.7 Å². The third kappa shape index (κ3) is 1.74. The van der Waals surface area contributed by atoms with Crippen molar-refractivity contribution in [1.29, 1.82) is 0 Å². The van der Waals surface area contributed by atoms with Crippen molar-refractivity contribution in [1.82, 2.24) is 4.98 Å². The second-order valence-electron chi connectivity index (χ2n) is 3.83. The molecule has 5 heteroatoms. The fourth-order valence-corrected chi connectivity index (χ4v) is 3.05. The lowest BCUT2D eigenvalue weighted by Crippen LogP contribution is -1.78. The molecule has 3 aromatic rings. The summed E-state index contributed by atoms with van der Waals surface area (Å²) in [6, 6.07) is 7.13. The quantitative estimate of drug-likeness (QED) is 0.655. The van der Waals surface area contributed by atoms with Crippen molar-refractivity contribution in [3.63, 3.8) is 0 Å². The Kier molecular flexibility index (Phi) is 2.69. The van der Waals surface area contributed by atoms with Crippen LogP contribution in [0.1, 0.15) is 15.6 Å². The monoisotopic (exact) mass is 277 g/mol. The van der Waals surface area contributed by atoms with Crippen molar-refractivity contribution in [2.75, 3.05) is 0 Å². The Labute approximate surface area is 112 Å². The lowest BCUT2D eigenvalue weighted by atomic mass is 10.1. The zero-order valence-corrected chi connectivity index (χ0v) is 11.0. The van der Waals surface area contributed by atoms with Gasteiger partial charge in [-0.15, -0.1) is 11.3 Å². The molecule has 0 fully saturated rings. The second kappa shape index (κ2) is 4.23. The zero-order chi connectivity index (χ0) is 12.7. The van der Waals surface area contributed by atoms with E-state index < -0.39 is 0 Å². The van der Waals surface area contributed by atoms with Gasteiger partial charge >= 0.3 is 0 Å². The number of benzene rings is 1. The summed E-state index contributed by atoms with van der Waals surface area (Å²) in [6.45, 7) is 1.94. The first-order chi connectivity index (χ1) is 8.69. The molecule has 0 amide bonds. The third-order valence-corrected chi connectivity index (χ3v) is 4.12. The molecule has 18 heavy (non-hydrogen) atoms. The molecule has 0 aliphatic carbocycles. The Morgan fingerprint density at radius 3 is 2.89 bits per heavy atom. The number of halogens is 1. The van der Waals surface area contributed by atoms with Gasteiger partial charge in [-0.1, -0.05) is 11.6 Å². The minimum Gasteiger partial charge on any atom is -0.453 e. The van der Waals surface area contributed by atoms with Crippen LogP contribution in [0.25, 0.3) is 21.5 Å². The number of fused-ring (bicyclic) bond motifs is 1. The standard InChI is InChI=1S/C13H8ClNO2S/c1-7-15-10-4-3-9(12(14)13(10)18-7)11-5-2-8(6-16)17-11/h2-6H,1H3. The Hall–Kier alpha value is -1.65. The first-order valence-electron chi connectivity index (χ1n) is 5.30. The van der Waals surface area contributed by atoms with Gasteiger partial charge < -0.3 is 4.42 Å². The fourth-order valence-electron chi connectivity index (χ4n) is 1.82. The summed E-state index contributed by atoms with van der Waals surface area (Å²) in [5.41, 5.74) is 1.66. The van der Waals surface area contributed by atoms with Gasteiger partial charge in [0.15, 0.2) is 12.0 Å². The topological polar surface area (TPSA) is 43.1 Å². The highest BCUT2D eigenvalue weighted by molar-refractivity contribution is 7.19. The van der Waals surface area contributed by atoms with Crippen molar-refractivity contribution in [3.05, 3.63) is 40.1 Å². The molecular formula is C13H8ClNO2S. The lowest BCUT2D eigenvalue weighted by Gasteiger charge is -2.00. The smallest absolute Gasteiger partial charge is 0.185 e. The normalized spacial score (nSPS) is 11.0. The van der Waals surface area contributed by atoms with Crippen LogP contribution in [0.2, 0.25) is 5.02 Å². The minimum absolute atomic E-state index is 0.293. The first-order valence-corrected chi connectivity index (χ1v) is 6.49. The summed E-state index contributed by atoms with van der Waals surface area (Å²) < 4.78 is 6.33. The summed E-state index contributed by atoms with van der Waals surface area (Å²) in [5, 5.41) is 1.59. The number of rotatable bonds is 2. The van der Waals surface area contributed by atoms with E-state index in [-0.39, 0.29) is 0 Å². The highest BCUT2D eigenvalue weighted by Crippen LogP contribution is 2.37. The molecule has 0 aliphatic rings. The number of furan rings is 1. The summed E-state index contributed by atoms with van der Waals surface area (Å²) in [4.78, 5) is 15.0. The number of thiazole rings is 1. The van der Waals surface area contributed by atoms with Crippen LogP contribution < -0.4 is 0 Å². The van der Waals surface area contributed by atoms with Crippen LogP contribution in [0.4, 0.5) is 0 Å². The number of aryl methyl sites for hydroxylation is 1. The Balaban J connectivity index is 2.22. The van der Waals surface area contributed by atoms with Gasteiger partial charge in [-0.25, -0.2) is 4.98 Å². The van der Waals surface area contributed by atoms with Gasteiger partial charge in [0.2, 0.25) is 0 Å². The molecule has 0 bridgehead atoms. The van der Waals surface area contributed by atoms with E-state index in [2.05, 4.69) is 4.98 Å². The van der Waals surface area contributed by atoms with E-state index in [1.807, 2.05) is 19.1 Å². The van der Waals surface area contributed by atoms with Crippen molar-refractivity contribution in [3.8, 4) is 11.3 Å². The van der Waals surface area contributed by atoms with Gasteiger partial charge in [-0.2, -0.15) is 0 Å². The lowest BCUT2D eigenvalue weighted by molar-refractivity contribution is 0.110. The summed E-state index contributed by atoms with van der Waals surface area (Å²) in [7, 11) is 0. The fraction of sp³-hybridized carbons (Fsp3) is 0.0769. The van der Waals surface area contributed by atoms with Gasteiger partial charge in [0.1, 0.15) is 5.76 Å². The molecule has 2 aromatic heterocycles. The molecule has 1 aromatic carbocycles. The van der Waals surface area contributed by atoms with E-state index in [1.165, 1.54) is 0 Å². The molecular weight excluding hydrogens is 270 g/mol. The van der Waals surface area contributed by atoms with Crippen LogP contribution >= 0.6 is 22.9 Å². The van der Waals surface area contributed by atoms with E-state index >= 15 is 0 Å². The molecule has 0 N–H and O–H groups in total. The molecule has 0 unspecified atom stereocenters. The molecule has 0 saturated heterocycles. The predicted octanol–water partition coefficient (Wildman–Crippen LogP) is 4.33. The van der Waals surface area contributed by atoms with Gasteiger partial charge in [-0.3, -0.25) is 4.79 Å². The molecule has 0 radical (unpaired) electrons. The largest absolute Gasteiger partial charge is 0.453 e. The van der Waals surface area contributed by atoms with E-state index in [1.54, 1.807) is 23.5 Å². The highest BCUT2D eigenvalue weighted by Gasteiger charge is 2.13. The van der Waals surface area contributed by atoms with Gasteiger partial charge in [-0.05, 0) is 31.2 Å². The Bertz CT molecular complexity index is 745. The SMILES string of the molecule is Cc1nc2ccc(-c3ccc(C=O)o3)c(Cl)c2s1. The van der Waals surface area contributed by atoms with Gasteiger partial charge in [0, 0.05) is 5.56 Å². The van der Waals surface area contributed by atoms with Gasteiger partial charge in [0.25, 0.3) is 0 Å². The van der Waals surface area contributed by atoms with Crippen LogP contribution in [0.5, 0.6) is 0 Å². The van der Waals surface area contributed by atoms with Crippen LogP contribution in [0, 0.1) is 6.92 Å². The summed E-state index contributed by atoms with van der Waals surface area (Å²) in [6.07, 6.45) is 0.673. The molecule has 3 rings (SSSR count). The number of aromatic nitrogens is 1.